The van der Waals surface area contributed by atoms with E-state index in [1.54, 1.807) is 12.4 Å². The molecule has 104 valence electrons. The second-order valence-electron chi connectivity index (χ2n) is 4.82. The molecule has 0 unspecified atom stereocenters. The molecule has 0 amide bonds. The van der Waals surface area contributed by atoms with Gasteiger partial charge in [0.05, 0.1) is 0 Å². The minimum absolute atomic E-state index is 0.569. The van der Waals surface area contributed by atoms with Gasteiger partial charge in [0.2, 0.25) is 5.95 Å². The zero-order valence-corrected chi connectivity index (χ0v) is 12.0. The first-order valence-corrected chi connectivity index (χ1v) is 7.32. The standard InChI is InChI=1S/C15H17ClN4/c16-12-13-2-4-14(5-3-13)19-8-10-20(11-9-19)15-17-6-1-7-18-15/h1-7H,8-12H2. The molecule has 1 fully saturated rings. The maximum Gasteiger partial charge on any atom is 0.225 e. The highest BCUT2D eigenvalue weighted by atomic mass is 35.5. The Kier molecular flexibility index (Phi) is 4.02. The van der Waals surface area contributed by atoms with Crippen molar-refractivity contribution in [3.8, 4) is 0 Å². The van der Waals surface area contributed by atoms with Crippen LogP contribution in [-0.2, 0) is 5.88 Å². The van der Waals surface area contributed by atoms with Gasteiger partial charge in [0.1, 0.15) is 0 Å². The van der Waals surface area contributed by atoms with Gasteiger partial charge in [-0.1, -0.05) is 12.1 Å². The zero-order valence-electron chi connectivity index (χ0n) is 11.2. The van der Waals surface area contributed by atoms with E-state index in [2.05, 4.69) is 44.0 Å². The Morgan fingerprint density at radius 3 is 2.10 bits per heavy atom. The van der Waals surface area contributed by atoms with Crippen molar-refractivity contribution in [1.29, 1.82) is 0 Å². The largest absolute Gasteiger partial charge is 0.368 e. The van der Waals surface area contributed by atoms with E-state index in [1.807, 2.05) is 6.07 Å². The third kappa shape index (κ3) is 2.85. The molecule has 1 saturated heterocycles. The number of hydrogen-bond acceptors (Lipinski definition) is 4. The molecule has 0 N–H and O–H groups in total. The van der Waals surface area contributed by atoms with Crippen molar-refractivity contribution in [2.75, 3.05) is 36.0 Å². The fraction of sp³-hybridized carbons (Fsp3) is 0.333. The number of aromatic nitrogens is 2. The summed E-state index contributed by atoms with van der Waals surface area (Å²) in [7, 11) is 0. The molecule has 1 aromatic carbocycles. The number of hydrogen-bond donors (Lipinski definition) is 0. The van der Waals surface area contributed by atoms with Crippen LogP contribution in [0.5, 0.6) is 0 Å². The number of piperazine rings is 1. The monoisotopic (exact) mass is 288 g/mol. The number of anilines is 2. The first kappa shape index (κ1) is 13.2. The van der Waals surface area contributed by atoms with Crippen molar-refractivity contribution in [3.63, 3.8) is 0 Å². The van der Waals surface area contributed by atoms with Gasteiger partial charge in [0, 0.05) is 50.1 Å². The van der Waals surface area contributed by atoms with Crippen LogP contribution in [-0.4, -0.2) is 36.1 Å². The lowest BCUT2D eigenvalue weighted by Gasteiger charge is -2.36. The van der Waals surface area contributed by atoms with Crippen molar-refractivity contribution in [1.82, 2.24) is 9.97 Å². The fourth-order valence-electron chi connectivity index (χ4n) is 2.42. The fourth-order valence-corrected chi connectivity index (χ4v) is 2.59. The molecule has 0 atom stereocenters. The highest BCUT2D eigenvalue weighted by Crippen LogP contribution is 2.19. The lowest BCUT2D eigenvalue weighted by atomic mass is 10.2. The third-order valence-corrected chi connectivity index (χ3v) is 3.88. The SMILES string of the molecule is ClCc1ccc(N2CCN(c3ncccn3)CC2)cc1. The van der Waals surface area contributed by atoms with Gasteiger partial charge < -0.3 is 9.80 Å². The van der Waals surface area contributed by atoms with Crippen molar-refractivity contribution < 1.29 is 0 Å². The summed E-state index contributed by atoms with van der Waals surface area (Å²) >= 11 is 5.82. The van der Waals surface area contributed by atoms with E-state index >= 15 is 0 Å². The lowest BCUT2D eigenvalue weighted by Crippen LogP contribution is -2.47. The van der Waals surface area contributed by atoms with Crippen LogP contribution in [0.15, 0.2) is 42.7 Å². The van der Waals surface area contributed by atoms with E-state index < -0.39 is 0 Å². The Morgan fingerprint density at radius 2 is 1.50 bits per heavy atom. The smallest absolute Gasteiger partial charge is 0.225 e. The molecule has 0 radical (unpaired) electrons. The summed E-state index contributed by atoms with van der Waals surface area (Å²) in [5.41, 5.74) is 2.42. The van der Waals surface area contributed by atoms with Crippen molar-refractivity contribution in [2.24, 2.45) is 0 Å². The molecule has 0 spiro atoms. The molecule has 2 heterocycles. The van der Waals surface area contributed by atoms with Crippen LogP contribution in [0.25, 0.3) is 0 Å². The first-order chi connectivity index (χ1) is 9.86. The quantitative estimate of drug-likeness (QED) is 0.813. The summed E-state index contributed by atoms with van der Waals surface area (Å²) in [6.45, 7) is 3.86. The van der Waals surface area contributed by atoms with Gasteiger partial charge in [0.15, 0.2) is 0 Å². The minimum Gasteiger partial charge on any atom is -0.368 e. The van der Waals surface area contributed by atoms with Crippen LogP contribution >= 0.6 is 11.6 Å². The van der Waals surface area contributed by atoms with Gasteiger partial charge in [-0.05, 0) is 23.8 Å². The second-order valence-corrected chi connectivity index (χ2v) is 5.09. The summed E-state index contributed by atoms with van der Waals surface area (Å²) in [5.74, 6) is 1.39. The molecule has 0 bridgehead atoms. The molecule has 2 aromatic rings. The zero-order chi connectivity index (χ0) is 13.8. The number of benzene rings is 1. The second kappa shape index (κ2) is 6.09. The Labute approximate surface area is 124 Å². The topological polar surface area (TPSA) is 32.3 Å². The third-order valence-electron chi connectivity index (χ3n) is 3.57. The molecule has 1 aromatic heterocycles. The molecule has 1 aliphatic heterocycles. The van der Waals surface area contributed by atoms with Crippen LogP contribution in [0.4, 0.5) is 11.6 Å². The summed E-state index contributed by atoms with van der Waals surface area (Å²) in [6, 6.07) is 10.3. The molecule has 3 rings (SSSR count). The van der Waals surface area contributed by atoms with Crippen LogP contribution in [0, 0.1) is 0 Å². The van der Waals surface area contributed by atoms with Crippen LogP contribution in [0.3, 0.4) is 0 Å². The van der Waals surface area contributed by atoms with E-state index in [0.717, 1.165) is 37.7 Å². The summed E-state index contributed by atoms with van der Waals surface area (Å²) in [4.78, 5) is 13.2. The molecule has 1 aliphatic rings. The van der Waals surface area contributed by atoms with E-state index in [4.69, 9.17) is 11.6 Å². The van der Waals surface area contributed by atoms with Crippen molar-refractivity contribution in [3.05, 3.63) is 48.3 Å². The first-order valence-electron chi connectivity index (χ1n) is 6.78. The highest BCUT2D eigenvalue weighted by molar-refractivity contribution is 6.17. The van der Waals surface area contributed by atoms with Gasteiger partial charge in [-0.2, -0.15) is 0 Å². The van der Waals surface area contributed by atoms with Gasteiger partial charge >= 0.3 is 0 Å². The number of alkyl halides is 1. The Balaban J connectivity index is 1.63. The number of halogens is 1. The predicted molar refractivity (Wildman–Crippen MR) is 82.5 cm³/mol. The lowest BCUT2D eigenvalue weighted by molar-refractivity contribution is 0.640. The predicted octanol–water partition coefficient (Wildman–Crippen LogP) is 2.54. The Bertz CT molecular complexity index is 536. The maximum absolute atomic E-state index is 5.82. The van der Waals surface area contributed by atoms with E-state index in [0.29, 0.717) is 5.88 Å². The molecular formula is C15H17ClN4. The number of nitrogens with zero attached hydrogens (tertiary/aromatic N) is 4. The van der Waals surface area contributed by atoms with E-state index in [9.17, 15) is 0 Å². The Hall–Kier alpha value is -1.81. The molecule has 0 aliphatic carbocycles. The molecule has 4 nitrogen and oxygen atoms in total. The molecule has 0 saturated carbocycles. The Morgan fingerprint density at radius 1 is 0.900 bits per heavy atom. The molecular weight excluding hydrogens is 272 g/mol. The molecule has 20 heavy (non-hydrogen) atoms. The van der Waals surface area contributed by atoms with Crippen LogP contribution in [0.2, 0.25) is 0 Å². The summed E-state index contributed by atoms with van der Waals surface area (Å²) < 4.78 is 0. The summed E-state index contributed by atoms with van der Waals surface area (Å²) in [5, 5.41) is 0. The number of rotatable bonds is 3. The average molecular weight is 289 g/mol. The van der Waals surface area contributed by atoms with E-state index in [-0.39, 0.29) is 0 Å². The van der Waals surface area contributed by atoms with Crippen molar-refractivity contribution >= 4 is 23.2 Å². The average Bonchev–Trinajstić information content (AvgIpc) is 2.56. The maximum atomic E-state index is 5.82. The molecule has 5 heteroatoms. The van der Waals surface area contributed by atoms with E-state index in [1.165, 1.54) is 5.69 Å². The van der Waals surface area contributed by atoms with Gasteiger partial charge in [-0.15, -0.1) is 11.6 Å². The normalized spacial score (nSPS) is 15.4. The summed E-state index contributed by atoms with van der Waals surface area (Å²) in [6.07, 6.45) is 3.58. The van der Waals surface area contributed by atoms with Gasteiger partial charge in [0.25, 0.3) is 0 Å². The highest BCUT2D eigenvalue weighted by Gasteiger charge is 2.18. The van der Waals surface area contributed by atoms with Gasteiger partial charge in [-0.25, -0.2) is 9.97 Å². The minimum atomic E-state index is 0.569. The van der Waals surface area contributed by atoms with Gasteiger partial charge in [-0.3, -0.25) is 0 Å². The van der Waals surface area contributed by atoms with Crippen molar-refractivity contribution in [2.45, 2.75) is 5.88 Å². The van der Waals surface area contributed by atoms with Crippen LogP contribution < -0.4 is 9.80 Å². The van der Waals surface area contributed by atoms with Crippen LogP contribution in [0.1, 0.15) is 5.56 Å².